The average molecular weight is 1150 g/mol. The normalized spacial score (nSPS) is 20.3. The summed E-state index contributed by atoms with van der Waals surface area (Å²) in [5, 5.41) is 52.4. The molecular weight excluding hydrogens is 1070 g/mol. The molecule has 11 rings (SSSR count). The van der Waals surface area contributed by atoms with Gasteiger partial charge in [0.1, 0.15) is 30.5 Å². The predicted molar refractivity (Wildman–Crippen MR) is 317 cm³/mol. The molecule has 2 amide bonds. The van der Waals surface area contributed by atoms with E-state index in [4.69, 9.17) is 31.0 Å². The zero-order chi connectivity index (χ0) is 57.9. The number of aromatic nitrogens is 5. The van der Waals surface area contributed by atoms with Gasteiger partial charge in [-0.1, -0.05) is 73.5 Å². The highest BCUT2D eigenvalue weighted by molar-refractivity contribution is 6.36. The first-order valence-corrected chi connectivity index (χ1v) is 29.4. The van der Waals surface area contributed by atoms with Crippen LogP contribution in [0.15, 0.2) is 85.5 Å². The topological polar surface area (TPSA) is 216 Å². The van der Waals surface area contributed by atoms with Gasteiger partial charge in [-0.3, -0.25) is 19.4 Å². The summed E-state index contributed by atoms with van der Waals surface area (Å²) in [6, 6.07) is 25.0. The van der Waals surface area contributed by atoms with E-state index < -0.39 is 0 Å². The van der Waals surface area contributed by atoms with E-state index in [1.165, 1.54) is 16.7 Å². The molecule has 4 aromatic carbocycles. The Kier molecular flexibility index (Phi) is 17.3. The summed E-state index contributed by atoms with van der Waals surface area (Å²) in [6.45, 7) is 18.4. The number of halogens is 1. The highest BCUT2D eigenvalue weighted by Crippen LogP contribution is 2.40. The minimum absolute atomic E-state index is 0.00154. The fourth-order valence-corrected chi connectivity index (χ4v) is 13.1. The predicted octanol–water partition coefficient (Wildman–Crippen LogP) is 6.98. The van der Waals surface area contributed by atoms with Crippen molar-refractivity contribution in [2.24, 2.45) is 5.92 Å². The number of fused-ring (bicyclic) bond motifs is 2. The lowest BCUT2D eigenvalue weighted by Gasteiger charge is -2.42. The van der Waals surface area contributed by atoms with Crippen LogP contribution >= 0.6 is 11.6 Å². The second-order valence-electron chi connectivity index (χ2n) is 23.1. The van der Waals surface area contributed by atoms with Gasteiger partial charge in [0.05, 0.1) is 53.1 Å². The summed E-state index contributed by atoms with van der Waals surface area (Å²) in [6.07, 6.45) is 4.68. The first-order valence-electron chi connectivity index (χ1n) is 29.1. The quantitative estimate of drug-likeness (QED) is 0.0786. The fourth-order valence-electron chi connectivity index (χ4n) is 12.8. The molecule has 20 nitrogen and oxygen atoms in total. The van der Waals surface area contributed by atoms with E-state index >= 15 is 0 Å². The number of piperidine rings is 1. The van der Waals surface area contributed by atoms with Crippen LogP contribution in [-0.2, 0) is 33.8 Å². The molecule has 0 unspecified atom stereocenters. The van der Waals surface area contributed by atoms with Gasteiger partial charge in [0.2, 0.25) is 11.8 Å². The molecule has 21 heteroatoms. The summed E-state index contributed by atoms with van der Waals surface area (Å²) in [5.41, 5.74) is 5.76. The molecule has 0 bridgehead atoms. The first kappa shape index (κ1) is 57.3. The van der Waals surface area contributed by atoms with E-state index in [2.05, 4.69) is 78.7 Å². The third-order valence-corrected chi connectivity index (χ3v) is 17.8. The van der Waals surface area contributed by atoms with Crippen molar-refractivity contribution in [2.75, 3.05) is 109 Å². The molecule has 5 aliphatic rings. The Bertz CT molecular complexity index is 3370. The molecule has 0 saturated carbocycles. The number of nitriles is 1. The first-order chi connectivity index (χ1) is 40.2. The minimum Gasteiger partial charge on any atom is -0.508 e. The number of ether oxygens (including phenoxy) is 2. The van der Waals surface area contributed by atoms with E-state index in [1.807, 2.05) is 55.1 Å². The molecule has 3 N–H and O–H groups in total. The second kappa shape index (κ2) is 25.1. The lowest BCUT2D eigenvalue weighted by Crippen LogP contribution is -2.55. The van der Waals surface area contributed by atoms with Gasteiger partial charge < -0.3 is 49.3 Å². The van der Waals surface area contributed by atoms with Crippen LogP contribution in [0.25, 0.3) is 27.8 Å². The third-order valence-electron chi connectivity index (χ3n) is 17.5. The molecule has 6 aromatic rings. The maximum atomic E-state index is 13.6. The van der Waals surface area contributed by atoms with Crippen molar-refractivity contribution in [3.63, 3.8) is 0 Å². The van der Waals surface area contributed by atoms with Gasteiger partial charge in [-0.05, 0) is 97.5 Å². The largest absolute Gasteiger partial charge is 0.508 e. The molecule has 0 aliphatic carbocycles. The highest BCUT2D eigenvalue weighted by Gasteiger charge is 2.36. The van der Waals surface area contributed by atoms with Crippen LogP contribution in [0.2, 0.25) is 5.02 Å². The number of aromatic hydroxyl groups is 3. The number of hydrogen-bond donors (Lipinski definition) is 3. The number of phenols is 2. The number of carbonyl (C=O) groups is 2. The summed E-state index contributed by atoms with van der Waals surface area (Å²) in [5.74, 6) is 1.28. The van der Waals surface area contributed by atoms with Crippen molar-refractivity contribution in [3.05, 3.63) is 113 Å². The number of nitrogens with zero attached hydrogens (tertiary/aromatic N) is 13. The molecular formula is C62H74ClN13O7. The Morgan fingerprint density at radius 2 is 1.63 bits per heavy atom. The third kappa shape index (κ3) is 12.6. The lowest BCUT2D eigenvalue weighted by atomic mass is 9.96. The molecule has 83 heavy (non-hydrogen) atoms. The fraction of sp³-hybridized carbons (Fsp3) is 0.468. The van der Waals surface area contributed by atoms with Crippen LogP contribution in [0.5, 0.6) is 23.5 Å². The van der Waals surface area contributed by atoms with E-state index in [1.54, 1.807) is 11.0 Å². The molecule has 0 radical (unpaired) electrons. The van der Waals surface area contributed by atoms with Crippen molar-refractivity contribution in [2.45, 2.75) is 83.1 Å². The Balaban J connectivity index is 0.642. The van der Waals surface area contributed by atoms with Crippen molar-refractivity contribution in [1.82, 2.24) is 49.2 Å². The molecule has 5 aliphatic heterocycles. The van der Waals surface area contributed by atoms with Crippen molar-refractivity contribution < 1.29 is 34.4 Å². The molecule has 4 fully saturated rings. The van der Waals surface area contributed by atoms with E-state index in [0.717, 1.165) is 111 Å². The minimum atomic E-state index is -0.320. The van der Waals surface area contributed by atoms with Gasteiger partial charge in [0.15, 0.2) is 5.82 Å². The van der Waals surface area contributed by atoms with Crippen molar-refractivity contribution in [3.8, 4) is 46.7 Å². The van der Waals surface area contributed by atoms with Crippen LogP contribution < -0.4 is 14.5 Å². The number of anilines is 2. The monoisotopic (exact) mass is 1150 g/mol. The van der Waals surface area contributed by atoms with Gasteiger partial charge in [-0.25, -0.2) is 4.57 Å². The molecule has 7 heterocycles. The molecule has 0 spiro atoms. The number of likely N-dealkylation sites (N-methyl/N-ethyl adjacent to an activating group) is 1. The lowest BCUT2D eigenvalue weighted by molar-refractivity contribution is -0.139. The van der Waals surface area contributed by atoms with E-state index in [0.29, 0.717) is 79.9 Å². The SMILES string of the molecule is C=CC(=O)N1CCN(c2nc(OC[C@@H]3C[C@@H](OCC(=O)N4CCC(CN5CCN(Cc6ccc(-n7c(O)nnc7-c7cc(C(C)C)c(O)cc7O)cc6)CC5)CC4)CN3C)nc3c2CCN(c2cccc4cccc(Cl)c24)C3)C[C@@H]1CC#N. The number of hydrogen-bond acceptors (Lipinski definition) is 17. The van der Waals surface area contributed by atoms with Gasteiger partial charge in [0, 0.05) is 114 Å². The van der Waals surface area contributed by atoms with Crippen molar-refractivity contribution in [1.29, 1.82) is 5.26 Å². The van der Waals surface area contributed by atoms with Crippen LogP contribution in [-0.4, -0.2) is 193 Å². The summed E-state index contributed by atoms with van der Waals surface area (Å²) >= 11 is 6.82. The van der Waals surface area contributed by atoms with Crippen LogP contribution in [0.1, 0.15) is 67.8 Å². The maximum Gasteiger partial charge on any atom is 0.319 e. The average Bonchev–Trinajstić information content (AvgIpc) is 3.75. The van der Waals surface area contributed by atoms with E-state index in [9.17, 15) is 30.2 Å². The number of phenolic OH excluding ortho intramolecular Hbond substituents is 2. The number of amides is 2. The highest BCUT2D eigenvalue weighted by atomic mass is 35.5. The number of benzene rings is 4. The molecule has 436 valence electrons. The second-order valence-corrected chi connectivity index (χ2v) is 23.5. The maximum absolute atomic E-state index is 13.6. The molecule has 4 saturated heterocycles. The van der Waals surface area contributed by atoms with Gasteiger partial charge in [-0.2, -0.15) is 15.2 Å². The Hall–Kier alpha value is -7.54. The smallest absolute Gasteiger partial charge is 0.319 e. The molecule has 3 atom stereocenters. The van der Waals surface area contributed by atoms with Crippen molar-refractivity contribution >= 4 is 45.7 Å². The summed E-state index contributed by atoms with van der Waals surface area (Å²) in [4.78, 5) is 52.0. The molecule has 2 aromatic heterocycles. The Morgan fingerprint density at radius 3 is 2.37 bits per heavy atom. The number of likely N-dealkylation sites (tertiary alicyclic amines) is 2. The van der Waals surface area contributed by atoms with E-state index in [-0.39, 0.29) is 78.3 Å². The van der Waals surface area contributed by atoms with Gasteiger partial charge in [-0.15, -0.1) is 5.10 Å². The summed E-state index contributed by atoms with van der Waals surface area (Å²) < 4.78 is 14.3. The van der Waals surface area contributed by atoms with Crippen LogP contribution in [0, 0.1) is 17.2 Å². The van der Waals surface area contributed by atoms with Gasteiger partial charge in [0.25, 0.3) is 0 Å². The zero-order valence-corrected chi connectivity index (χ0v) is 48.4. The van der Waals surface area contributed by atoms with Crippen LogP contribution in [0.4, 0.5) is 11.5 Å². The number of rotatable bonds is 17. The van der Waals surface area contributed by atoms with Gasteiger partial charge >= 0.3 is 12.0 Å². The zero-order valence-electron chi connectivity index (χ0n) is 47.6. The number of piperazine rings is 2. The van der Waals surface area contributed by atoms with Crippen LogP contribution in [0.3, 0.4) is 0 Å². The number of carbonyl (C=O) groups excluding carboxylic acids is 2. The summed E-state index contributed by atoms with van der Waals surface area (Å²) in [7, 11) is 2.05. The standard InChI is InChI=1S/C62H74ClN13O7/c1-5-56(79)75-29-28-74(35-45(75)16-20-64)59-48-19-23-73(53-11-7-9-43-8-6-10-51(63)58(43)53)37-52(48)65-61(66-59)83-38-46-30-47(36-69(46)4)82-39-57(80)72-21-17-42(18-22-72)34-71-26-24-70(25-27-71)33-41-12-14-44(15-13-41)76-60(67-68-62(76)81)50-31-49(40(2)3)54(77)32-55(50)78/h5-15,31-32,40,42,45-47,77-78H,1,16-19,21-30,33-39H2,2-4H3,(H,68,81)/t45-,46-,47+/m0/s1. The Labute approximate surface area is 489 Å². The Morgan fingerprint density at radius 1 is 0.867 bits per heavy atom.